The average Bonchev–Trinajstić information content (AvgIpc) is 2.79. The lowest BCUT2D eigenvalue weighted by atomic mass is 10.3. The van der Waals surface area contributed by atoms with Crippen molar-refractivity contribution in [3.63, 3.8) is 0 Å². The standard InChI is InChI=1S/C13H14ClFN2O3S/c1-8-9(3-4-20-8)7-17(2)21(18,19)12-6-10(14)5-11(16)13(12)15/h3-6H,7,16H2,1-2H3. The molecule has 0 bridgehead atoms. The smallest absolute Gasteiger partial charge is 0.246 e. The number of nitrogens with zero attached hydrogens (tertiary/aromatic N) is 1. The summed E-state index contributed by atoms with van der Waals surface area (Å²) in [5.41, 5.74) is 5.80. The van der Waals surface area contributed by atoms with Gasteiger partial charge in [-0.1, -0.05) is 11.6 Å². The Labute approximate surface area is 127 Å². The zero-order chi connectivity index (χ0) is 15.8. The molecule has 8 heteroatoms. The third-order valence-corrected chi connectivity index (χ3v) is 5.10. The fraction of sp³-hybridized carbons (Fsp3) is 0.231. The molecule has 5 nitrogen and oxygen atoms in total. The Hall–Kier alpha value is -1.57. The molecule has 0 unspecified atom stereocenters. The van der Waals surface area contributed by atoms with E-state index in [0.717, 1.165) is 16.4 Å². The van der Waals surface area contributed by atoms with Crippen LogP contribution in [0.1, 0.15) is 11.3 Å². The molecule has 2 rings (SSSR count). The molecule has 0 aliphatic rings. The highest BCUT2D eigenvalue weighted by atomic mass is 35.5. The van der Waals surface area contributed by atoms with Crippen LogP contribution in [0.4, 0.5) is 10.1 Å². The van der Waals surface area contributed by atoms with Crippen molar-refractivity contribution in [3.05, 3.63) is 46.6 Å². The number of furan rings is 1. The molecule has 2 aromatic rings. The molecule has 0 amide bonds. The fourth-order valence-electron chi connectivity index (χ4n) is 1.84. The van der Waals surface area contributed by atoms with E-state index >= 15 is 0 Å². The molecule has 0 atom stereocenters. The Morgan fingerprint density at radius 3 is 2.67 bits per heavy atom. The van der Waals surface area contributed by atoms with Crippen LogP contribution in [0.2, 0.25) is 5.02 Å². The van der Waals surface area contributed by atoms with Gasteiger partial charge in [0.1, 0.15) is 10.7 Å². The molecule has 1 aromatic carbocycles. The molecule has 0 radical (unpaired) electrons. The van der Waals surface area contributed by atoms with Crippen LogP contribution in [0.25, 0.3) is 0 Å². The van der Waals surface area contributed by atoms with Gasteiger partial charge in [0.2, 0.25) is 10.0 Å². The van der Waals surface area contributed by atoms with Crippen LogP contribution in [-0.2, 0) is 16.6 Å². The van der Waals surface area contributed by atoms with E-state index in [1.807, 2.05) is 0 Å². The number of aryl methyl sites for hydroxylation is 1. The van der Waals surface area contributed by atoms with Crippen molar-refractivity contribution in [2.75, 3.05) is 12.8 Å². The highest BCUT2D eigenvalue weighted by molar-refractivity contribution is 7.89. The number of nitrogen functional groups attached to an aromatic ring is 1. The van der Waals surface area contributed by atoms with Crippen LogP contribution < -0.4 is 5.73 Å². The first-order valence-electron chi connectivity index (χ1n) is 5.97. The van der Waals surface area contributed by atoms with Crippen molar-refractivity contribution in [1.29, 1.82) is 0 Å². The Morgan fingerprint density at radius 1 is 1.43 bits per heavy atom. The lowest BCUT2D eigenvalue weighted by Crippen LogP contribution is -2.27. The summed E-state index contributed by atoms with van der Waals surface area (Å²) in [6.45, 7) is 1.77. The average molecular weight is 333 g/mol. The summed E-state index contributed by atoms with van der Waals surface area (Å²) in [5, 5.41) is 0.0559. The number of nitrogens with two attached hydrogens (primary N) is 1. The fourth-order valence-corrected chi connectivity index (χ4v) is 3.40. The van der Waals surface area contributed by atoms with Gasteiger partial charge in [-0.05, 0) is 25.1 Å². The van der Waals surface area contributed by atoms with E-state index in [2.05, 4.69) is 0 Å². The van der Waals surface area contributed by atoms with E-state index in [9.17, 15) is 12.8 Å². The van der Waals surface area contributed by atoms with E-state index in [0.29, 0.717) is 11.3 Å². The van der Waals surface area contributed by atoms with E-state index in [-0.39, 0.29) is 17.3 Å². The highest BCUT2D eigenvalue weighted by Crippen LogP contribution is 2.28. The molecule has 0 saturated carbocycles. The number of hydrogen-bond donors (Lipinski definition) is 1. The Kier molecular flexibility index (Phi) is 4.27. The zero-order valence-corrected chi connectivity index (χ0v) is 13.0. The number of benzene rings is 1. The number of anilines is 1. The van der Waals surface area contributed by atoms with E-state index in [1.165, 1.54) is 13.3 Å². The molecule has 1 aromatic heterocycles. The largest absolute Gasteiger partial charge is 0.469 e. The predicted molar refractivity (Wildman–Crippen MR) is 77.9 cm³/mol. The summed E-state index contributed by atoms with van der Waals surface area (Å²) in [4.78, 5) is -0.545. The first-order valence-corrected chi connectivity index (χ1v) is 7.79. The molecule has 0 aliphatic carbocycles. The maximum absolute atomic E-state index is 14.0. The summed E-state index contributed by atoms with van der Waals surface area (Å²) in [6.07, 6.45) is 1.46. The second kappa shape index (κ2) is 5.67. The van der Waals surface area contributed by atoms with E-state index in [1.54, 1.807) is 13.0 Å². The minimum absolute atomic E-state index is 0.0521. The SMILES string of the molecule is Cc1occc1CN(C)S(=O)(=O)c1cc(Cl)cc(N)c1F. The Balaban J connectivity index is 2.40. The van der Waals surface area contributed by atoms with Gasteiger partial charge in [0.05, 0.1) is 12.0 Å². The second-order valence-electron chi connectivity index (χ2n) is 4.57. The lowest BCUT2D eigenvalue weighted by Gasteiger charge is -2.18. The quantitative estimate of drug-likeness (QED) is 0.873. The molecule has 0 aliphatic heterocycles. The Morgan fingerprint density at radius 2 is 2.10 bits per heavy atom. The van der Waals surface area contributed by atoms with Gasteiger partial charge in [0, 0.05) is 24.2 Å². The monoisotopic (exact) mass is 332 g/mol. The van der Waals surface area contributed by atoms with E-state index < -0.39 is 20.7 Å². The van der Waals surface area contributed by atoms with Gasteiger partial charge in [0.25, 0.3) is 0 Å². The van der Waals surface area contributed by atoms with Crippen LogP contribution in [0.3, 0.4) is 0 Å². The van der Waals surface area contributed by atoms with Crippen LogP contribution in [0, 0.1) is 12.7 Å². The third-order valence-electron chi connectivity index (χ3n) is 3.08. The lowest BCUT2D eigenvalue weighted by molar-refractivity contribution is 0.453. The van der Waals surface area contributed by atoms with Crippen LogP contribution in [0.5, 0.6) is 0 Å². The van der Waals surface area contributed by atoms with Crippen LogP contribution >= 0.6 is 11.6 Å². The molecule has 1 heterocycles. The van der Waals surface area contributed by atoms with Crippen molar-refractivity contribution >= 4 is 27.3 Å². The van der Waals surface area contributed by atoms with Gasteiger partial charge in [-0.15, -0.1) is 0 Å². The number of halogens is 2. The summed E-state index contributed by atoms with van der Waals surface area (Å²) < 4.78 is 45.0. The predicted octanol–water partition coefficient (Wildman–Crippen LogP) is 2.78. The van der Waals surface area contributed by atoms with E-state index in [4.69, 9.17) is 21.8 Å². The minimum Gasteiger partial charge on any atom is -0.469 e. The molecule has 0 fully saturated rings. The van der Waals surface area contributed by atoms with Crippen LogP contribution in [-0.4, -0.2) is 19.8 Å². The van der Waals surface area contributed by atoms with Crippen molar-refractivity contribution in [2.45, 2.75) is 18.4 Å². The van der Waals surface area contributed by atoms with Gasteiger partial charge in [-0.25, -0.2) is 12.8 Å². The normalized spacial score (nSPS) is 12.0. The molecule has 0 spiro atoms. The summed E-state index contributed by atoms with van der Waals surface area (Å²) in [7, 11) is -2.71. The Bertz CT molecular complexity index is 774. The maximum Gasteiger partial charge on any atom is 0.246 e. The maximum atomic E-state index is 14.0. The van der Waals surface area contributed by atoms with Gasteiger partial charge in [-0.2, -0.15) is 4.31 Å². The number of hydrogen-bond acceptors (Lipinski definition) is 4. The molecular weight excluding hydrogens is 319 g/mol. The summed E-state index contributed by atoms with van der Waals surface area (Å²) >= 11 is 5.76. The van der Waals surface area contributed by atoms with Gasteiger partial charge in [-0.3, -0.25) is 0 Å². The number of rotatable bonds is 4. The summed E-state index contributed by atoms with van der Waals surface area (Å²) in [6, 6.07) is 3.86. The van der Waals surface area contributed by atoms with Crippen molar-refractivity contribution in [1.82, 2.24) is 4.31 Å². The molecule has 2 N–H and O–H groups in total. The minimum atomic E-state index is -4.06. The van der Waals surface area contributed by atoms with Gasteiger partial charge >= 0.3 is 0 Å². The van der Waals surface area contributed by atoms with Gasteiger partial charge < -0.3 is 10.2 Å². The van der Waals surface area contributed by atoms with Crippen LogP contribution in [0.15, 0.2) is 33.8 Å². The molecular formula is C13H14ClFN2O3S. The zero-order valence-electron chi connectivity index (χ0n) is 11.4. The van der Waals surface area contributed by atoms with Gasteiger partial charge in [0.15, 0.2) is 5.82 Å². The first-order chi connectivity index (χ1) is 9.73. The molecule has 114 valence electrons. The molecule has 21 heavy (non-hydrogen) atoms. The van der Waals surface area contributed by atoms with Crippen molar-refractivity contribution < 1.29 is 17.2 Å². The third kappa shape index (κ3) is 3.04. The highest BCUT2D eigenvalue weighted by Gasteiger charge is 2.27. The number of sulfonamides is 1. The summed E-state index contributed by atoms with van der Waals surface area (Å²) in [5.74, 6) is -0.404. The van der Waals surface area contributed by atoms with Crippen molar-refractivity contribution in [3.8, 4) is 0 Å². The second-order valence-corrected chi connectivity index (χ2v) is 7.02. The molecule has 0 saturated heterocycles. The van der Waals surface area contributed by atoms with Crippen molar-refractivity contribution in [2.24, 2.45) is 0 Å². The first kappa shape index (κ1) is 15.8. The topological polar surface area (TPSA) is 76.5 Å².